The number of carbonyl (C=O) groups excluding carboxylic acids is 2. The molecule has 0 bridgehead atoms. The van der Waals surface area contributed by atoms with E-state index in [4.69, 9.17) is 0 Å². The predicted octanol–water partition coefficient (Wildman–Crippen LogP) is 0.777. The topological polar surface area (TPSA) is 41.8 Å². The second kappa shape index (κ2) is 5.75. The number of rotatable bonds is 2. The van der Waals surface area contributed by atoms with Gasteiger partial charge in [-0.3, -0.25) is 9.59 Å². The highest BCUT2D eigenvalue weighted by atomic mass is 16.2. The van der Waals surface area contributed by atoms with Crippen molar-refractivity contribution in [1.29, 1.82) is 0 Å². The van der Waals surface area contributed by atoms with Gasteiger partial charge in [0, 0.05) is 0 Å². The number of likely N-dealkylation sites (tertiary alicyclic amines) is 1. The van der Waals surface area contributed by atoms with Crippen LogP contribution in [0.4, 0.5) is 5.69 Å². The van der Waals surface area contributed by atoms with Crippen LogP contribution < -0.4 is 9.80 Å². The number of hydrogen-bond donors (Lipinski definition) is 1. The van der Waals surface area contributed by atoms with Gasteiger partial charge in [-0.25, -0.2) is 4.90 Å². The number of nitrogens with zero attached hydrogens (tertiary/aromatic N) is 1. The molecular formula is C16H21N2O2+. The first-order valence-corrected chi connectivity index (χ1v) is 7.54. The third-order valence-electron chi connectivity index (χ3n) is 4.40. The van der Waals surface area contributed by atoms with E-state index in [0.717, 1.165) is 13.1 Å². The summed E-state index contributed by atoms with van der Waals surface area (Å²) >= 11 is 0. The Balaban J connectivity index is 1.79. The fraction of sp³-hybridized carbons (Fsp3) is 0.500. The molecule has 2 heterocycles. The van der Waals surface area contributed by atoms with Gasteiger partial charge in [0.15, 0.2) is 6.04 Å². The molecule has 20 heavy (non-hydrogen) atoms. The second-order valence-electron chi connectivity index (χ2n) is 5.73. The first-order valence-electron chi connectivity index (χ1n) is 7.54. The zero-order valence-electron chi connectivity index (χ0n) is 11.7. The lowest BCUT2D eigenvalue weighted by atomic mass is 10.2. The summed E-state index contributed by atoms with van der Waals surface area (Å²) in [5, 5.41) is 0. The Labute approximate surface area is 119 Å². The Morgan fingerprint density at radius 2 is 1.60 bits per heavy atom. The standard InChI is InChI=1S/C16H20N2O2/c19-15-12-14(17-10-6-1-2-7-11-17)16(20)18(15)13-8-4-3-5-9-13/h3-5,8-9,14H,1-2,6-7,10-12H2/p+1/t14-/m0/s1. The Morgan fingerprint density at radius 3 is 2.25 bits per heavy atom. The molecule has 2 saturated heterocycles. The Bertz CT molecular complexity index is 492. The number of carbonyl (C=O) groups is 2. The zero-order chi connectivity index (χ0) is 13.9. The van der Waals surface area contributed by atoms with E-state index in [1.165, 1.54) is 35.5 Å². The van der Waals surface area contributed by atoms with Gasteiger partial charge in [-0.05, 0) is 37.8 Å². The highest BCUT2D eigenvalue weighted by Gasteiger charge is 2.45. The van der Waals surface area contributed by atoms with Crippen LogP contribution in [0.2, 0.25) is 0 Å². The molecule has 1 aromatic carbocycles. The molecule has 2 aliphatic heterocycles. The van der Waals surface area contributed by atoms with Gasteiger partial charge in [0.05, 0.1) is 25.2 Å². The lowest BCUT2D eigenvalue weighted by Crippen LogP contribution is -3.16. The van der Waals surface area contributed by atoms with Gasteiger partial charge in [-0.1, -0.05) is 18.2 Å². The minimum atomic E-state index is -0.166. The number of para-hydroxylation sites is 1. The van der Waals surface area contributed by atoms with Crippen LogP contribution in [0.3, 0.4) is 0 Å². The minimum Gasteiger partial charge on any atom is -0.324 e. The van der Waals surface area contributed by atoms with E-state index in [1.54, 1.807) is 0 Å². The average molecular weight is 273 g/mol. The summed E-state index contributed by atoms with van der Waals surface area (Å²) in [6.45, 7) is 2.04. The number of hydrogen-bond acceptors (Lipinski definition) is 2. The van der Waals surface area contributed by atoms with Gasteiger partial charge in [-0.2, -0.15) is 0 Å². The van der Waals surface area contributed by atoms with Gasteiger partial charge >= 0.3 is 0 Å². The fourth-order valence-electron chi connectivity index (χ4n) is 3.33. The first-order chi connectivity index (χ1) is 9.77. The number of quaternary nitrogens is 1. The van der Waals surface area contributed by atoms with Crippen molar-refractivity contribution >= 4 is 17.5 Å². The molecule has 2 fully saturated rings. The van der Waals surface area contributed by atoms with Crippen LogP contribution in [0, 0.1) is 0 Å². The molecule has 0 aliphatic carbocycles. The molecule has 4 nitrogen and oxygen atoms in total. The number of amides is 2. The van der Waals surface area contributed by atoms with E-state index < -0.39 is 0 Å². The lowest BCUT2D eigenvalue weighted by molar-refractivity contribution is -0.914. The van der Waals surface area contributed by atoms with Crippen molar-refractivity contribution in [3.8, 4) is 0 Å². The summed E-state index contributed by atoms with van der Waals surface area (Å²) < 4.78 is 0. The molecule has 1 aromatic rings. The van der Waals surface area contributed by atoms with Crippen molar-refractivity contribution in [2.75, 3.05) is 18.0 Å². The smallest absolute Gasteiger partial charge is 0.292 e. The summed E-state index contributed by atoms with van der Waals surface area (Å²) in [4.78, 5) is 27.5. The van der Waals surface area contributed by atoms with Crippen molar-refractivity contribution < 1.29 is 14.5 Å². The summed E-state index contributed by atoms with van der Waals surface area (Å²) in [7, 11) is 0. The number of benzene rings is 1. The van der Waals surface area contributed by atoms with Crippen LogP contribution in [-0.4, -0.2) is 30.9 Å². The molecule has 2 aliphatic rings. The molecule has 0 radical (unpaired) electrons. The molecule has 0 aromatic heterocycles. The van der Waals surface area contributed by atoms with Gasteiger partial charge < -0.3 is 4.90 Å². The van der Waals surface area contributed by atoms with Gasteiger partial charge in [0.2, 0.25) is 5.91 Å². The lowest BCUT2D eigenvalue weighted by Gasteiger charge is -2.22. The van der Waals surface area contributed by atoms with Crippen LogP contribution in [0.5, 0.6) is 0 Å². The first kappa shape index (κ1) is 13.3. The Hall–Kier alpha value is -1.68. The van der Waals surface area contributed by atoms with Crippen molar-refractivity contribution in [2.45, 2.75) is 38.1 Å². The maximum Gasteiger partial charge on any atom is 0.292 e. The Morgan fingerprint density at radius 1 is 0.950 bits per heavy atom. The van der Waals surface area contributed by atoms with Crippen molar-refractivity contribution in [3.63, 3.8) is 0 Å². The molecule has 0 saturated carbocycles. The van der Waals surface area contributed by atoms with E-state index in [0.29, 0.717) is 12.1 Å². The number of imide groups is 1. The molecule has 1 atom stereocenters. The molecule has 1 N–H and O–H groups in total. The monoisotopic (exact) mass is 273 g/mol. The molecule has 3 rings (SSSR count). The van der Waals surface area contributed by atoms with E-state index >= 15 is 0 Å². The van der Waals surface area contributed by atoms with Crippen LogP contribution in [0.1, 0.15) is 32.1 Å². The van der Waals surface area contributed by atoms with Gasteiger partial charge in [0.25, 0.3) is 5.91 Å². The molecule has 4 heteroatoms. The highest BCUT2D eigenvalue weighted by molar-refractivity contribution is 6.21. The van der Waals surface area contributed by atoms with Crippen LogP contribution >= 0.6 is 0 Å². The molecule has 2 amide bonds. The number of nitrogens with one attached hydrogen (secondary N) is 1. The summed E-state index contributed by atoms with van der Waals surface area (Å²) in [5.74, 6) is -0.0685. The third-order valence-corrected chi connectivity index (χ3v) is 4.40. The van der Waals surface area contributed by atoms with Crippen molar-refractivity contribution in [2.24, 2.45) is 0 Å². The quantitative estimate of drug-likeness (QED) is 0.809. The van der Waals surface area contributed by atoms with Crippen LogP contribution in [0.15, 0.2) is 30.3 Å². The maximum atomic E-state index is 12.6. The highest BCUT2D eigenvalue weighted by Crippen LogP contribution is 2.21. The SMILES string of the molecule is O=C1C[C@H]([NH+]2CCCCCC2)C(=O)N1c1ccccc1. The second-order valence-corrected chi connectivity index (χ2v) is 5.73. The van der Waals surface area contributed by atoms with Gasteiger partial charge in [0.1, 0.15) is 0 Å². The normalized spacial score (nSPS) is 25.0. The van der Waals surface area contributed by atoms with Gasteiger partial charge in [-0.15, -0.1) is 0 Å². The summed E-state index contributed by atoms with van der Waals surface area (Å²) in [5.41, 5.74) is 0.708. The summed E-state index contributed by atoms with van der Waals surface area (Å²) in [6, 6.07) is 9.11. The third kappa shape index (κ3) is 2.48. The molecule has 0 unspecified atom stereocenters. The van der Waals surface area contributed by atoms with Crippen molar-refractivity contribution in [3.05, 3.63) is 30.3 Å². The predicted molar refractivity (Wildman–Crippen MR) is 76.5 cm³/mol. The Kier molecular flexibility index (Phi) is 3.83. The van der Waals surface area contributed by atoms with E-state index in [2.05, 4.69) is 0 Å². The van der Waals surface area contributed by atoms with Crippen LogP contribution in [0.25, 0.3) is 0 Å². The maximum absolute atomic E-state index is 12.6. The summed E-state index contributed by atoms with van der Waals surface area (Å²) in [6.07, 6.45) is 5.20. The number of anilines is 1. The van der Waals surface area contributed by atoms with E-state index in [9.17, 15) is 9.59 Å². The zero-order valence-corrected chi connectivity index (χ0v) is 11.7. The molecule has 0 spiro atoms. The van der Waals surface area contributed by atoms with E-state index in [1.807, 2.05) is 30.3 Å². The molecule has 106 valence electrons. The van der Waals surface area contributed by atoms with Crippen LogP contribution in [-0.2, 0) is 9.59 Å². The average Bonchev–Trinajstić information content (AvgIpc) is 2.67. The van der Waals surface area contributed by atoms with E-state index in [-0.39, 0.29) is 17.9 Å². The largest absolute Gasteiger partial charge is 0.324 e. The fourth-order valence-corrected chi connectivity index (χ4v) is 3.33. The molecular weight excluding hydrogens is 252 g/mol. The van der Waals surface area contributed by atoms with Crippen molar-refractivity contribution in [1.82, 2.24) is 0 Å². The minimum absolute atomic E-state index is 0.0156.